The standard InChI is InChI=1S/C17H25N3O/c1-17(2,3)13-20(4)11-7-10-16(21)19-15-9-6-5-8-14(15)12-18/h5-6,8-9H,7,10-11,13H2,1-4H3,(H,19,21). The topological polar surface area (TPSA) is 56.1 Å². The van der Waals surface area contributed by atoms with E-state index in [-0.39, 0.29) is 11.3 Å². The minimum atomic E-state index is -0.0399. The molecule has 4 nitrogen and oxygen atoms in total. The Kier molecular flexibility index (Phi) is 6.39. The van der Waals surface area contributed by atoms with Gasteiger partial charge in [0, 0.05) is 13.0 Å². The van der Waals surface area contributed by atoms with Crippen LogP contribution in [0.2, 0.25) is 0 Å². The van der Waals surface area contributed by atoms with Gasteiger partial charge >= 0.3 is 0 Å². The lowest BCUT2D eigenvalue weighted by molar-refractivity contribution is -0.116. The number of nitrogens with zero attached hydrogens (tertiary/aromatic N) is 2. The molecule has 0 bridgehead atoms. The van der Waals surface area contributed by atoms with Gasteiger partial charge < -0.3 is 10.2 Å². The zero-order chi connectivity index (χ0) is 15.9. The third-order valence-electron chi connectivity index (χ3n) is 3.01. The Morgan fingerprint density at radius 2 is 2.00 bits per heavy atom. The van der Waals surface area contributed by atoms with E-state index in [2.05, 4.69) is 44.1 Å². The second-order valence-corrected chi connectivity index (χ2v) is 6.61. The molecule has 1 aromatic rings. The van der Waals surface area contributed by atoms with Crippen molar-refractivity contribution in [2.75, 3.05) is 25.5 Å². The minimum Gasteiger partial charge on any atom is -0.325 e. The molecule has 1 N–H and O–H groups in total. The van der Waals surface area contributed by atoms with E-state index in [0.717, 1.165) is 19.5 Å². The first-order valence-electron chi connectivity index (χ1n) is 7.29. The number of rotatable bonds is 6. The lowest BCUT2D eigenvalue weighted by Crippen LogP contribution is -2.30. The summed E-state index contributed by atoms with van der Waals surface area (Å²) < 4.78 is 0. The number of anilines is 1. The number of benzene rings is 1. The lowest BCUT2D eigenvalue weighted by atomic mass is 9.96. The molecule has 0 aliphatic heterocycles. The van der Waals surface area contributed by atoms with Crippen molar-refractivity contribution in [2.24, 2.45) is 5.41 Å². The molecular formula is C17H25N3O. The van der Waals surface area contributed by atoms with Crippen LogP contribution >= 0.6 is 0 Å². The Balaban J connectivity index is 2.37. The molecule has 0 fully saturated rings. The maximum atomic E-state index is 11.9. The van der Waals surface area contributed by atoms with Gasteiger partial charge in [0.15, 0.2) is 0 Å². The van der Waals surface area contributed by atoms with Crippen LogP contribution in [-0.4, -0.2) is 30.9 Å². The van der Waals surface area contributed by atoms with Crippen molar-refractivity contribution in [3.05, 3.63) is 29.8 Å². The van der Waals surface area contributed by atoms with Crippen LogP contribution in [0.5, 0.6) is 0 Å². The third-order valence-corrected chi connectivity index (χ3v) is 3.01. The van der Waals surface area contributed by atoms with Gasteiger partial charge in [0.05, 0.1) is 11.3 Å². The highest BCUT2D eigenvalue weighted by Crippen LogP contribution is 2.15. The van der Waals surface area contributed by atoms with Gasteiger partial charge in [-0.05, 0) is 37.6 Å². The van der Waals surface area contributed by atoms with Crippen LogP contribution in [0.4, 0.5) is 5.69 Å². The summed E-state index contributed by atoms with van der Waals surface area (Å²) in [7, 11) is 2.08. The molecule has 114 valence electrons. The maximum absolute atomic E-state index is 11.9. The second-order valence-electron chi connectivity index (χ2n) is 6.61. The van der Waals surface area contributed by atoms with Crippen LogP contribution in [0.15, 0.2) is 24.3 Å². The van der Waals surface area contributed by atoms with Crippen LogP contribution in [0.25, 0.3) is 0 Å². The predicted octanol–water partition coefficient (Wildman–Crippen LogP) is 3.25. The SMILES string of the molecule is CN(CCCC(=O)Nc1ccccc1C#N)CC(C)(C)C. The number of nitrogens with one attached hydrogen (secondary N) is 1. The molecule has 1 amide bonds. The van der Waals surface area contributed by atoms with Gasteiger partial charge in [0.2, 0.25) is 5.91 Å². The molecule has 21 heavy (non-hydrogen) atoms. The molecule has 0 aromatic heterocycles. The molecule has 4 heteroatoms. The summed E-state index contributed by atoms with van der Waals surface area (Å²) in [5.41, 5.74) is 1.35. The second kappa shape index (κ2) is 7.80. The van der Waals surface area contributed by atoms with Crippen molar-refractivity contribution < 1.29 is 4.79 Å². The highest BCUT2D eigenvalue weighted by Gasteiger charge is 2.13. The highest BCUT2D eigenvalue weighted by atomic mass is 16.1. The van der Waals surface area contributed by atoms with Crippen molar-refractivity contribution in [2.45, 2.75) is 33.6 Å². The highest BCUT2D eigenvalue weighted by molar-refractivity contribution is 5.92. The largest absolute Gasteiger partial charge is 0.325 e. The van der Waals surface area contributed by atoms with Gasteiger partial charge in [-0.3, -0.25) is 4.79 Å². The van der Waals surface area contributed by atoms with Crippen LogP contribution < -0.4 is 5.32 Å². The van der Waals surface area contributed by atoms with Gasteiger partial charge in [-0.25, -0.2) is 0 Å². The number of carbonyl (C=O) groups is 1. The summed E-state index contributed by atoms with van der Waals surface area (Å²) in [6.07, 6.45) is 1.28. The number of hydrogen-bond donors (Lipinski definition) is 1. The molecule has 0 saturated carbocycles. The summed E-state index contributed by atoms with van der Waals surface area (Å²) in [5.74, 6) is -0.0399. The fraction of sp³-hybridized carbons (Fsp3) is 0.529. The summed E-state index contributed by atoms with van der Waals surface area (Å²) in [6, 6.07) is 9.13. The van der Waals surface area contributed by atoms with Crippen LogP contribution in [0, 0.1) is 16.7 Å². The van der Waals surface area contributed by atoms with Crippen molar-refractivity contribution in [1.29, 1.82) is 5.26 Å². The van der Waals surface area contributed by atoms with E-state index in [1.165, 1.54) is 0 Å². The van der Waals surface area contributed by atoms with Crippen LogP contribution in [0.3, 0.4) is 0 Å². The fourth-order valence-corrected chi connectivity index (χ4v) is 2.30. The number of carbonyl (C=O) groups excluding carboxylic acids is 1. The van der Waals surface area contributed by atoms with Gasteiger partial charge in [0.1, 0.15) is 6.07 Å². The maximum Gasteiger partial charge on any atom is 0.224 e. The normalized spacial score (nSPS) is 11.2. The Bertz CT molecular complexity index is 512. The Labute approximate surface area is 127 Å². The number of hydrogen-bond acceptors (Lipinski definition) is 3. The zero-order valence-electron chi connectivity index (χ0n) is 13.4. The molecule has 0 spiro atoms. The Morgan fingerprint density at radius 3 is 2.62 bits per heavy atom. The average molecular weight is 287 g/mol. The van der Waals surface area contributed by atoms with Gasteiger partial charge in [-0.2, -0.15) is 5.26 Å². The number of nitriles is 1. The van der Waals surface area contributed by atoms with E-state index in [9.17, 15) is 4.79 Å². The zero-order valence-corrected chi connectivity index (χ0v) is 13.4. The summed E-state index contributed by atoms with van der Waals surface area (Å²) in [4.78, 5) is 14.2. The van der Waals surface area contributed by atoms with Crippen LogP contribution in [-0.2, 0) is 4.79 Å². The van der Waals surface area contributed by atoms with Crippen molar-refractivity contribution >= 4 is 11.6 Å². The molecule has 1 rings (SSSR count). The average Bonchev–Trinajstić information content (AvgIpc) is 2.37. The third kappa shape index (κ3) is 6.92. The Morgan fingerprint density at radius 1 is 1.33 bits per heavy atom. The summed E-state index contributed by atoms with van der Waals surface area (Å²) in [6.45, 7) is 8.51. The molecule has 0 atom stereocenters. The first-order valence-corrected chi connectivity index (χ1v) is 7.29. The lowest BCUT2D eigenvalue weighted by Gasteiger charge is -2.26. The molecule has 1 aromatic carbocycles. The molecule has 0 heterocycles. The van der Waals surface area contributed by atoms with E-state index >= 15 is 0 Å². The first kappa shape index (κ1) is 17.2. The van der Waals surface area contributed by atoms with E-state index in [4.69, 9.17) is 5.26 Å². The molecule has 0 radical (unpaired) electrons. The van der Waals surface area contributed by atoms with E-state index in [0.29, 0.717) is 17.7 Å². The first-order chi connectivity index (χ1) is 9.81. The summed E-state index contributed by atoms with van der Waals surface area (Å²) >= 11 is 0. The quantitative estimate of drug-likeness (QED) is 0.873. The van der Waals surface area contributed by atoms with Gasteiger partial charge in [-0.1, -0.05) is 32.9 Å². The van der Waals surface area contributed by atoms with Gasteiger partial charge in [-0.15, -0.1) is 0 Å². The molecule has 0 unspecified atom stereocenters. The summed E-state index contributed by atoms with van der Waals surface area (Å²) in [5, 5.41) is 11.8. The Hall–Kier alpha value is -1.86. The minimum absolute atomic E-state index is 0.0399. The number of amides is 1. The monoisotopic (exact) mass is 287 g/mol. The van der Waals surface area contributed by atoms with Crippen molar-refractivity contribution in [3.63, 3.8) is 0 Å². The molecular weight excluding hydrogens is 262 g/mol. The molecule has 0 saturated heterocycles. The molecule has 0 aliphatic carbocycles. The van der Waals surface area contributed by atoms with Gasteiger partial charge in [0.25, 0.3) is 0 Å². The predicted molar refractivity (Wildman–Crippen MR) is 86.0 cm³/mol. The smallest absolute Gasteiger partial charge is 0.224 e. The van der Waals surface area contributed by atoms with Crippen molar-refractivity contribution in [1.82, 2.24) is 4.90 Å². The van der Waals surface area contributed by atoms with E-state index < -0.39 is 0 Å². The number of para-hydroxylation sites is 1. The fourth-order valence-electron chi connectivity index (χ4n) is 2.30. The van der Waals surface area contributed by atoms with E-state index in [1.807, 2.05) is 6.07 Å². The molecule has 0 aliphatic rings. The van der Waals surface area contributed by atoms with E-state index in [1.54, 1.807) is 18.2 Å². The van der Waals surface area contributed by atoms with Crippen molar-refractivity contribution in [3.8, 4) is 6.07 Å². The van der Waals surface area contributed by atoms with Crippen LogP contribution in [0.1, 0.15) is 39.2 Å².